The second-order valence-corrected chi connectivity index (χ2v) is 4.80. The van der Waals surface area contributed by atoms with Gasteiger partial charge < -0.3 is 14.8 Å². The first-order chi connectivity index (χ1) is 11.2. The monoisotopic (exact) mass is 306 g/mol. The molecule has 5 nitrogen and oxygen atoms in total. The Balaban J connectivity index is 1.68. The maximum Gasteiger partial charge on any atom is 0.291 e. The maximum atomic E-state index is 11.8. The van der Waals surface area contributed by atoms with Gasteiger partial charge in [0.05, 0.1) is 12.0 Å². The van der Waals surface area contributed by atoms with Crippen LogP contribution in [0.3, 0.4) is 0 Å². The van der Waals surface area contributed by atoms with Gasteiger partial charge in [0.25, 0.3) is 5.91 Å². The Kier molecular flexibility index (Phi) is 4.20. The molecule has 2 N–H and O–H groups in total. The lowest BCUT2D eigenvalue weighted by Crippen LogP contribution is -2.10. The van der Waals surface area contributed by atoms with Gasteiger partial charge in [-0.25, -0.2) is 0 Å². The molecule has 2 aromatic carbocycles. The van der Waals surface area contributed by atoms with Crippen molar-refractivity contribution in [3.05, 3.63) is 78.3 Å². The molecule has 0 atom stereocenters. The van der Waals surface area contributed by atoms with Gasteiger partial charge in [-0.3, -0.25) is 9.79 Å². The van der Waals surface area contributed by atoms with Crippen LogP contribution in [0.2, 0.25) is 0 Å². The molecule has 3 rings (SSSR count). The summed E-state index contributed by atoms with van der Waals surface area (Å²) in [5.41, 5.74) is 2.00. The van der Waals surface area contributed by atoms with Crippen LogP contribution in [0.5, 0.6) is 5.75 Å². The number of hydrogen-bond donors (Lipinski definition) is 2. The Hall–Kier alpha value is -3.34. The second-order valence-electron chi connectivity index (χ2n) is 4.80. The molecule has 1 heterocycles. The summed E-state index contributed by atoms with van der Waals surface area (Å²) in [5, 5.41) is 12.4. The molecule has 5 heteroatoms. The van der Waals surface area contributed by atoms with E-state index in [1.54, 1.807) is 60.8 Å². The minimum absolute atomic E-state index is 0.179. The molecule has 3 aromatic rings. The predicted octanol–water partition coefficient (Wildman–Crippen LogP) is 3.99. The average Bonchev–Trinajstić information content (AvgIpc) is 3.10. The summed E-state index contributed by atoms with van der Waals surface area (Å²) in [6.45, 7) is 0. The van der Waals surface area contributed by atoms with Crippen LogP contribution in [-0.2, 0) is 0 Å². The molecule has 0 aliphatic rings. The molecule has 1 aromatic heterocycles. The normalized spacial score (nSPS) is 10.8. The SMILES string of the molecule is O=C(Nc1ccc(N=Cc2ccccc2O)cc1)c1ccco1. The fourth-order valence-corrected chi connectivity index (χ4v) is 1.97. The van der Waals surface area contributed by atoms with E-state index in [0.717, 1.165) is 0 Å². The van der Waals surface area contributed by atoms with Gasteiger partial charge in [0, 0.05) is 17.5 Å². The summed E-state index contributed by atoms with van der Waals surface area (Å²) < 4.78 is 5.03. The molecule has 0 saturated carbocycles. The van der Waals surface area contributed by atoms with Gasteiger partial charge in [-0.15, -0.1) is 0 Å². The highest BCUT2D eigenvalue weighted by Crippen LogP contribution is 2.19. The number of phenolic OH excluding ortho intramolecular Hbond substituents is 1. The number of hydrogen-bond acceptors (Lipinski definition) is 4. The number of benzene rings is 2. The molecule has 0 spiro atoms. The Morgan fingerprint density at radius 2 is 1.83 bits per heavy atom. The summed E-state index contributed by atoms with van der Waals surface area (Å²) in [5.74, 6) is 0.130. The molecule has 0 bridgehead atoms. The summed E-state index contributed by atoms with van der Waals surface area (Å²) in [6.07, 6.45) is 3.04. The van der Waals surface area contributed by atoms with Crippen molar-refractivity contribution >= 4 is 23.5 Å². The number of aromatic hydroxyl groups is 1. The number of anilines is 1. The van der Waals surface area contributed by atoms with Crippen molar-refractivity contribution in [2.45, 2.75) is 0 Å². The average molecular weight is 306 g/mol. The van der Waals surface area contributed by atoms with Gasteiger partial charge in [0.15, 0.2) is 5.76 Å². The van der Waals surface area contributed by atoms with Gasteiger partial charge in [-0.1, -0.05) is 12.1 Å². The number of nitrogens with zero attached hydrogens (tertiary/aromatic N) is 1. The van der Waals surface area contributed by atoms with Crippen molar-refractivity contribution in [1.82, 2.24) is 0 Å². The van der Waals surface area contributed by atoms with Crippen molar-refractivity contribution in [1.29, 1.82) is 0 Å². The van der Waals surface area contributed by atoms with E-state index in [9.17, 15) is 9.90 Å². The summed E-state index contributed by atoms with van der Waals surface area (Å²) in [6, 6.07) is 17.3. The predicted molar refractivity (Wildman–Crippen MR) is 88.5 cm³/mol. The minimum atomic E-state index is -0.305. The van der Waals surface area contributed by atoms with Gasteiger partial charge in [-0.05, 0) is 48.5 Å². The number of nitrogens with one attached hydrogen (secondary N) is 1. The van der Waals surface area contributed by atoms with E-state index in [1.807, 2.05) is 6.07 Å². The summed E-state index contributed by atoms with van der Waals surface area (Å²) in [7, 11) is 0. The van der Waals surface area contributed by atoms with Gasteiger partial charge >= 0.3 is 0 Å². The highest BCUT2D eigenvalue weighted by atomic mass is 16.3. The Bertz CT molecular complexity index is 822. The quantitative estimate of drug-likeness (QED) is 0.716. The summed E-state index contributed by atoms with van der Waals surface area (Å²) >= 11 is 0. The molecule has 0 aliphatic carbocycles. The molecule has 0 saturated heterocycles. The van der Waals surface area contributed by atoms with E-state index >= 15 is 0 Å². The van der Waals surface area contributed by atoms with Gasteiger partial charge in [0.2, 0.25) is 0 Å². The van der Waals surface area contributed by atoms with Crippen molar-refractivity contribution in [3.8, 4) is 5.75 Å². The smallest absolute Gasteiger partial charge is 0.291 e. The van der Waals surface area contributed by atoms with E-state index in [0.29, 0.717) is 16.9 Å². The highest BCUT2D eigenvalue weighted by molar-refractivity contribution is 6.02. The molecule has 0 fully saturated rings. The van der Waals surface area contributed by atoms with Gasteiger partial charge in [0.1, 0.15) is 5.75 Å². The van der Waals surface area contributed by atoms with Crippen LogP contribution in [-0.4, -0.2) is 17.2 Å². The number of furan rings is 1. The van der Waals surface area contributed by atoms with Gasteiger partial charge in [-0.2, -0.15) is 0 Å². The van der Waals surface area contributed by atoms with E-state index in [1.165, 1.54) is 6.26 Å². The van der Waals surface area contributed by atoms with E-state index < -0.39 is 0 Å². The van der Waals surface area contributed by atoms with Crippen LogP contribution in [0.4, 0.5) is 11.4 Å². The number of rotatable bonds is 4. The van der Waals surface area contributed by atoms with Crippen molar-refractivity contribution < 1.29 is 14.3 Å². The first-order valence-electron chi connectivity index (χ1n) is 6.99. The number of phenols is 1. The second kappa shape index (κ2) is 6.62. The van der Waals surface area contributed by atoms with Crippen molar-refractivity contribution in [3.63, 3.8) is 0 Å². The van der Waals surface area contributed by atoms with Crippen LogP contribution in [0.1, 0.15) is 16.1 Å². The molecular weight excluding hydrogens is 292 g/mol. The molecular formula is C18H14N2O3. The number of carbonyl (C=O) groups excluding carboxylic acids is 1. The zero-order valence-corrected chi connectivity index (χ0v) is 12.1. The molecule has 0 aliphatic heterocycles. The lowest BCUT2D eigenvalue weighted by molar-refractivity contribution is 0.0996. The largest absolute Gasteiger partial charge is 0.507 e. The third kappa shape index (κ3) is 3.65. The molecule has 23 heavy (non-hydrogen) atoms. The highest BCUT2D eigenvalue weighted by Gasteiger charge is 2.08. The molecule has 0 unspecified atom stereocenters. The number of amides is 1. The van der Waals surface area contributed by atoms with Crippen LogP contribution in [0.25, 0.3) is 0 Å². The topological polar surface area (TPSA) is 74.8 Å². The Morgan fingerprint density at radius 3 is 2.52 bits per heavy atom. The first-order valence-corrected chi connectivity index (χ1v) is 6.99. The molecule has 114 valence electrons. The first kappa shape index (κ1) is 14.6. The standard InChI is InChI=1S/C18H14N2O3/c21-16-5-2-1-4-13(16)12-19-14-7-9-15(10-8-14)20-18(22)17-6-3-11-23-17/h1-12,21H,(H,20,22). The third-order valence-electron chi connectivity index (χ3n) is 3.16. The Labute approximate surface area is 132 Å². The van der Waals surface area contributed by atoms with Crippen LogP contribution in [0, 0.1) is 0 Å². The lowest BCUT2D eigenvalue weighted by Gasteiger charge is -2.03. The third-order valence-corrected chi connectivity index (χ3v) is 3.16. The molecule has 1 amide bonds. The zero-order valence-electron chi connectivity index (χ0n) is 12.1. The molecule has 0 radical (unpaired) electrons. The number of para-hydroxylation sites is 1. The van der Waals surface area contributed by atoms with Crippen LogP contribution >= 0.6 is 0 Å². The maximum absolute atomic E-state index is 11.8. The zero-order chi connectivity index (χ0) is 16.1. The van der Waals surface area contributed by atoms with Crippen LogP contribution < -0.4 is 5.32 Å². The van der Waals surface area contributed by atoms with Crippen molar-refractivity contribution in [2.24, 2.45) is 4.99 Å². The van der Waals surface area contributed by atoms with E-state index in [-0.39, 0.29) is 17.4 Å². The van der Waals surface area contributed by atoms with Crippen LogP contribution in [0.15, 0.2) is 76.3 Å². The number of carbonyl (C=O) groups is 1. The minimum Gasteiger partial charge on any atom is -0.507 e. The summed E-state index contributed by atoms with van der Waals surface area (Å²) in [4.78, 5) is 16.1. The fourth-order valence-electron chi connectivity index (χ4n) is 1.97. The lowest BCUT2D eigenvalue weighted by atomic mass is 10.2. The fraction of sp³-hybridized carbons (Fsp3) is 0. The van der Waals surface area contributed by atoms with Crippen molar-refractivity contribution in [2.75, 3.05) is 5.32 Å². The Morgan fingerprint density at radius 1 is 1.04 bits per heavy atom. The number of aliphatic imine (C=N–C) groups is 1. The van der Waals surface area contributed by atoms with E-state index in [2.05, 4.69) is 10.3 Å². The van der Waals surface area contributed by atoms with E-state index in [4.69, 9.17) is 4.42 Å².